The molecule has 1 heterocycles. The van der Waals surface area contributed by atoms with Gasteiger partial charge in [0.1, 0.15) is 5.82 Å². The molecule has 0 saturated heterocycles. The van der Waals surface area contributed by atoms with Crippen LogP contribution in [0.15, 0.2) is 12.3 Å². The van der Waals surface area contributed by atoms with Crippen LogP contribution in [0.25, 0.3) is 0 Å². The summed E-state index contributed by atoms with van der Waals surface area (Å²) in [5.74, 6) is 1.84. The van der Waals surface area contributed by atoms with Gasteiger partial charge in [-0.05, 0) is 31.1 Å². The first-order valence-corrected chi connectivity index (χ1v) is 6.21. The second kappa shape index (κ2) is 3.84. The van der Waals surface area contributed by atoms with Gasteiger partial charge in [-0.25, -0.2) is 0 Å². The number of carbonyl (C=O) groups excluding carboxylic acids is 1. The minimum Gasteiger partial charge on any atom is -0.327 e. The Morgan fingerprint density at radius 3 is 2.88 bits per heavy atom. The molecule has 2 fully saturated rings. The van der Waals surface area contributed by atoms with Crippen molar-refractivity contribution in [2.75, 3.05) is 5.32 Å². The lowest BCUT2D eigenvalue weighted by Crippen LogP contribution is -2.42. The highest BCUT2D eigenvalue weighted by molar-refractivity contribution is 5.92. The van der Waals surface area contributed by atoms with Gasteiger partial charge in [-0.15, -0.1) is 0 Å². The van der Waals surface area contributed by atoms with Crippen molar-refractivity contribution in [1.29, 1.82) is 0 Å². The van der Waals surface area contributed by atoms with Crippen LogP contribution >= 0.6 is 0 Å². The maximum atomic E-state index is 12.2. The normalized spacial score (nSPS) is 35.2. The van der Waals surface area contributed by atoms with Crippen LogP contribution in [0, 0.1) is 17.8 Å². The number of nitrogens with two attached hydrogens (primary N) is 1. The molecule has 1 aromatic rings. The number of aromatic nitrogens is 2. The van der Waals surface area contributed by atoms with Crippen molar-refractivity contribution >= 4 is 11.7 Å². The predicted octanol–water partition coefficient (Wildman–Crippen LogP) is 0.732. The zero-order valence-electron chi connectivity index (χ0n) is 9.97. The number of anilines is 1. The SMILES string of the molecule is Cn1nccc1NC(=O)C1C2CCC(C2)C1N. The molecular formula is C12H18N4O. The minimum atomic E-state index is -0.0105. The summed E-state index contributed by atoms with van der Waals surface area (Å²) in [6.07, 6.45) is 5.16. The molecule has 5 heteroatoms. The smallest absolute Gasteiger partial charge is 0.230 e. The molecule has 2 aliphatic carbocycles. The molecule has 3 N–H and O–H groups in total. The van der Waals surface area contributed by atoms with Crippen molar-refractivity contribution in [2.24, 2.45) is 30.5 Å². The van der Waals surface area contributed by atoms with Gasteiger partial charge in [0.2, 0.25) is 5.91 Å². The largest absolute Gasteiger partial charge is 0.327 e. The molecule has 1 amide bonds. The third-order valence-electron chi connectivity index (χ3n) is 4.36. The molecule has 2 saturated carbocycles. The van der Waals surface area contributed by atoms with Crippen LogP contribution < -0.4 is 11.1 Å². The summed E-state index contributed by atoms with van der Waals surface area (Å²) in [5.41, 5.74) is 6.15. The second-order valence-electron chi connectivity index (χ2n) is 5.27. The van der Waals surface area contributed by atoms with E-state index in [1.54, 1.807) is 16.9 Å². The van der Waals surface area contributed by atoms with Gasteiger partial charge in [-0.2, -0.15) is 5.10 Å². The van der Waals surface area contributed by atoms with E-state index in [2.05, 4.69) is 10.4 Å². The molecule has 0 aliphatic heterocycles. The quantitative estimate of drug-likeness (QED) is 0.792. The van der Waals surface area contributed by atoms with Gasteiger partial charge < -0.3 is 11.1 Å². The van der Waals surface area contributed by atoms with E-state index in [-0.39, 0.29) is 17.9 Å². The summed E-state index contributed by atoms with van der Waals surface area (Å²) in [6.45, 7) is 0. The molecule has 4 atom stereocenters. The number of hydrogen-bond donors (Lipinski definition) is 2. The summed E-state index contributed by atoms with van der Waals surface area (Å²) >= 11 is 0. The van der Waals surface area contributed by atoms with Gasteiger partial charge in [0.05, 0.1) is 12.1 Å². The lowest BCUT2D eigenvalue weighted by Gasteiger charge is -2.26. The monoisotopic (exact) mass is 234 g/mol. The Labute approximate surface area is 100 Å². The van der Waals surface area contributed by atoms with Gasteiger partial charge in [-0.3, -0.25) is 9.48 Å². The van der Waals surface area contributed by atoms with Gasteiger partial charge in [-0.1, -0.05) is 0 Å². The van der Waals surface area contributed by atoms with Crippen LogP contribution in [-0.2, 0) is 11.8 Å². The molecule has 0 aromatic carbocycles. The first kappa shape index (κ1) is 10.8. The molecule has 0 spiro atoms. The summed E-state index contributed by atoms with van der Waals surface area (Å²) in [5, 5.41) is 6.96. The van der Waals surface area contributed by atoms with Crippen LogP contribution in [0.3, 0.4) is 0 Å². The van der Waals surface area contributed by atoms with E-state index in [1.165, 1.54) is 6.42 Å². The standard InChI is InChI=1S/C12H18N4O/c1-16-9(4-5-14-16)15-12(17)10-7-2-3-8(6-7)11(10)13/h4-5,7-8,10-11H,2-3,6,13H2,1H3,(H,15,17). The van der Waals surface area contributed by atoms with Gasteiger partial charge in [0, 0.05) is 19.2 Å². The Hall–Kier alpha value is -1.36. The first-order valence-electron chi connectivity index (χ1n) is 6.21. The third-order valence-corrected chi connectivity index (χ3v) is 4.36. The van der Waals surface area contributed by atoms with Gasteiger partial charge in [0.15, 0.2) is 0 Å². The van der Waals surface area contributed by atoms with E-state index in [4.69, 9.17) is 5.73 Å². The fourth-order valence-electron chi connectivity index (χ4n) is 3.43. The predicted molar refractivity (Wildman–Crippen MR) is 64.1 cm³/mol. The maximum absolute atomic E-state index is 12.2. The number of nitrogens with zero attached hydrogens (tertiary/aromatic N) is 2. The first-order chi connectivity index (χ1) is 8.16. The lowest BCUT2D eigenvalue weighted by molar-refractivity contribution is -0.121. The van der Waals surface area contributed by atoms with Crippen molar-refractivity contribution in [3.63, 3.8) is 0 Å². The lowest BCUT2D eigenvalue weighted by atomic mass is 9.84. The molecule has 3 rings (SSSR count). The molecule has 92 valence electrons. The third kappa shape index (κ3) is 1.65. The molecule has 0 radical (unpaired) electrons. The molecule has 5 nitrogen and oxygen atoms in total. The Bertz CT molecular complexity index is 439. The van der Waals surface area contributed by atoms with Crippen LogP contribution in [-0.4, -0.2) is 21.7 Å². The highest BCUT2D eigenvalue weighted by Crippen LogP contribution is 2.47. The number of nitrogens with one attached hydrogen (secondary N) is 1. The van der Waals surface area contributed by atoms with Crippen molar-refractivity contribution < 1.29 is 4.79 Å². The zero-order chi connectivity index (χ0) is 12.0. The van der Waals surface area contributed by atoms with Crippen molar-refractivity contribution in [3.05, 3.63) is 12.3 Å². The molecule has 2 aliphatic rings. The summed E-state index contributed by atoms with van der Waals surface area (Å²) in [4.78, 5) is 12.2. The molecule has 2 bridgehead atoms. The average molecular weight is 234 g/mol. The number of rotatable bonds is 2. The summed E-state index contributed by atoms with van der Waals surface area (Å²) < 4.78 is 1.66. The fraction of sp³-hybridized carbons (Fsp3) is 0.667. The van der Waals surface area contributed by atoms with Crippen molar-refractivity contribution in [3.8, 4) is 0 Å². The average Bonchev–Trinajstić information content (AvgIpc) is 2.95. The molecule has 1 aromatic heterocycles. The maximum Gasteiger partial charge on any atom is 0.230 e. The molecular weight excluding hydrogens is 216 g/mol. The molecule has 4 unspecified atom stereocenters. The number of hydrogen-bond acceptors (Lipinski definition) is 3. The number of carbonyl (C=O) groups is 1. The van der Waals surface area contributed by atoms with Crippen molar-refractivity contribution in [2.45, 2.75) is 25.3 Å². The number of aryl methyl sites for hydroxylation is 1. The Morgan fingerprint density at radius 2 is 2.29 bits per heavy atom. The highest BCUT2D eigenvalue weighted by atomic mass is 16.2. The zero-order valence-corrected chi connectivity index (χ0v) is 9.97. The number of amides is 1. The fourth-order valence-corrected chi connectivity index (χ4v) is 3.43. The Morgan fingerprint density at radius 1 is 1.53 bits per heavy atom. The van der Waals surface area contributed by atoms with E-state index in [0.29, 0.717) is 11.8 Å². The summed E-state index contributed by atoms with van der Waals surface area (Å²) in [6, 6.07) is 1.85. The molecule has 17 heavy (non-hydrogen) atoms. The minimum absolute atomic E-state index is 0.0105. The topological polar surface area (TPSA) is 72.9 Å². The van der Waals surface area contributed by atoms with Crippen LogP contribution in [0.2, 0.25) is 0 Å². The van der Waals surface area contributed by atoms with Crippen LogP contribution in [0.1, 0.15) is 19.3 Å². The van der Waals surface area contributed by atoms with Crippen LogP contribution in [0.4, 0.5) is 5.82 Å². The van der Waals surface area contributed by atoms with E-state index < -0.39 is 0 Å². The Kier molecular flexibility index (Phi) is 2.43. The highest BCUT2D eigenvalue weighted by Gasteiger charge is 2.49. The summed E-state index contributed by atoms with van der Waals surface area (Å²) in [7, 11) is 1.82. The second-order valence-corrected chi connectivity index (χ2v) is 5.27. The van der Waals surface area contributed by atoms with E-state index >= 15 is 0 Å². The van der Waals surface area contributed by atoms with Crippen molar-refractivity contribution in [1.82, 2.24) is 9.78 Å². The van der Waals surface area contributed by atoms with Gasteiger partial charge >= 0.3 is 0 Å². The number of fused-ring (bicyclic) bond motifs is 2. The van der Waals surface area contributed by atoms with E-state index in [1.807, 2.05) is 7.05 Å². The van der Waals surface area contributed by atoms with E-state index in [0.717, 1.165) is 18.7 Å². The van der Waals surface area contributed by atoms with Gasteiger partial charge in [0.25, 0.3) is 0 Å². The Balaban J connectivity index is 1.73. The van der Waals surface area contributed by atoms with Crippen LogP contribution in [0.5, 0.6) is 0 Å². The van der Waals surface area contributed by atoms with E-state index in [9.17, 15) is 4.79 Å².